The first-order valence-electron chi connectivity index (χ1n) is 7.90. The van der Waals surface area contributed by atoms with E-state index in [0.717, 1.165) is 4.90 Å². The lowest BCUT2D eigenvalue weighted by atomic mass is 10.1. The average molecular weight is 340 g/mol. The van der Waals surface area contributed by atoms with Crippen LogP contribution in [0.3, 0.4) is 0 Å². The first-order valence-corrected chi connectivity index (χ1v) is 7.90. The number of nitrogens with one attached hydrogen (secondary N) is 1. The first-order chi connectivity index (χ1) is 12.1. The maximum absolute atomic E-state index is 13.8. The average Bonchev–Trinajstić information content (AvgIpc) is 2.86. The van der Waals surface area contributed by atoms with Crippen molar-refractivity contribution >= 4 is 18.0 Å². The lowest BCUT2D eigenvalue weighted by Crippen LogP contribution is -2.30. The van der Waals surface area contributed by atoms with Crippen LogP contribution in [0.2, 0.25) is 0 Å². The quantitative estimate of drug-likeness (QED) is 0.671. The summed E-state index contributed by atoms with van der Waals surface area (Å²) in [6.07, 6.45) is 1.56. The topological polar surface area (TPSA) is 58.6 Å². The molecule has 25 heavy (non-hydrogen) atoms. The molecule has 1 N–H and O–H groups in total. The number of urea groups is 1. The Bertz CT molecular complexity index is 848. The molecular weight excluding hydrogens is 323 g/mol. The predicted molar refractivity (Wildman–Crippen MR) is 91.1 cm³/mol. The van der Waals surface area contributed by atoms with Crippen molar-refractivity contribution in [3.05, 3.63) is 71.2 Å². The van der Waals surface area contributed by atoms with Crippen LogP contribution in [0.1, 0.15) is 18.1 Å². The number of hydrogen-bond acceptors (Lipinski definition) is 3. The van der Waals surface area contributed by atoms with Crippen molar-refractivity contribution in [2.24, 2.45) is 0 Å². The van der Waals surface area contributed by atoms with Crippen LogP contribution in [0.4, 0.5) is 9.18 Å². The maximum Gasteiger partial charge on any atom is 0.329 e. The van der Waals surface area contributed by atoms with Gasteiger partial charge in [0.2, 0.25) is 0 Å². The van der Waals surface area contributed by atoms with E-state index in [-0.39, 0.29) is 17.8 Å². The molecule has 5 nitrogen and oxygen atoms in total. The number of halogens is 1. The van der Waals surface area contributed by atoms with Crippen LogP contribution in [-0.4, -0.2) is 23.4 Å². The molecule has 1 aliphatic rings. The zero-order valence-corrected chi connectivity index (χ0v) is 13.7. The molecule has 1 fully saturated rings. The second-order valence-electron chi connectivity index (χ2n) is 5.44. The van der Waals surface area contributed by atoms with Crippen molar-refractivity contribution in [1.82, 2.24) is 10.2 Å². The van der Waals surface area contributed by atoms with Gasteiger partial charge in [0.25, 0.3) is 5.91 Å². The third-order valence-electron chi connectivity index (χ3n) is 3.77. The molecule has 2 aromatic carbocycles. The van der Waals surface area contributed by atoms with Gasteiger partial charge in [0.05, 0.1) is 13.2 Å². The summed E-state index contributed by atoms with van der Waals surface area (Å²) in [4.78, 5) is 25.6. The van der Waals surface area contributed by atoms with E-state index >= 15 is 0 Å². The molecule has 0 aromatic heterocycles. The van der Waals surface area contributed by atoms with Gasteiger partial charge in [0.15, 0.2) is 0 Å². The zero-order valence-electron chi connectivity index (χ0n) is 13.7. The van der Waals surface area contributed by atoms with Gasteiger partial charge in [-0.15, -0.1) is 0 Å². The van der Waals surface area contributed by atoms with E-state index in [0.29, 0.717) is 17.9 Å². The van der Waals surface area contributed by atoms with Crippen molar-refractivity contribution in [1.29, 1.82) is 0 Å². The van der Waals surface area contributed by atoms with Crippen molar-refractivity contribution in [2.75, 3.05) is 6.61 Å². The third-order valence-corrected chi connectivity index (χ3v) is 3.77. The summed E-state index contributed by atoms with van der Waals surface area (Å²) >= 11 is 0. The molecule has 0 unspecified atom stereocenters. The summed E-state index contributed by atoms with van der Waals surface area (Å²) in [6.45, 7) is 2.23. The van der Waals surface area contributed by atoms with Crippen LogP contribution in [0.5, 0.6) is 5.75 Å². The summed E-state index contributed by atoms with van der Waals surface area (Å²) in [7, 11) is 0. The highest BCUT2D eigenvalue weighted by Gasteiger charge is 2.34. The van der Waals surface area contributed by atoms with Crippen molar-refractivity contribution < 1.29 is 18.7 Å². The molecule has 0 saturated carbocycles. The van der Waals surface area contributed by atoms with E-state index in [2.05, 4.69) is 5.32 Å². The Kier molecular flexibility index (Phi) is 4.79. The van der Waals surface area contributed by atoms with Crippen LogP contribution in [0.25, 0.3) is 6.08 Å². The number of ether oxygens (including phenoxy) is 1. The number of benzene rings is 2. The lowest BCUT2D eigenvalue weighted by Gasteiger charge is -2.12. The highest BCUT2D eigenvalue weighted by Crippen LogP contribution is 2.23. The maximum atomic E-state index is 13.8. The molecule has 0 atom stereocenters. The number of para-hydroxylation sites is 1. The molecule has 1 saturated heterocycles. The third kappa shape index (κ3) is 3.52. The molecule has 0 radical (unpaired) electrons. The van der Waals surface area contributed by atoms with Crippen LogP contribution in [-0.2, 0) is 11.3 Å². The summed E-state index contributed by atoms with van der Waals surface area (Å²) in [5.74, 6) is -0.339. The first kappa shape index (κ1) is 16.7. The second-order valence-corrected chi connectivity index (χ2v) is 5.44. The fourth-order valence-electron chi connectivity index (χ4n) is 2.55. The number of carbonyl (C=O) groups excluding carboxylic acids is 2. The van der Waals surface area contributed by atoms with Gasteiger partial charge in [-0.05, 0) is 25.1 Å². The van der Waals surface area contributed by atoms with E-state index < -0.39 is 17.8 Å². The van der Waals surface area contributed by atoms with Crippen molar-refractivity contribution in [3.8, 4) is 5.75 Å². The highest BCUT2D eigenvalue weighted by atomic mass is 19.1. The number of imide groups is 1. The number of hydrogen-bond donors (Lipinski definition) is 1. The van der Waals surface area contributed by atoms with Gasteiger partial charge in [-0.1, -0.05) is 36.4 Å². The van der Waals surface area contributed by atoms with Crippen molar-refractivity contribution in [3.63, 3.8) is 0 Å². The van der Waals surface area contributed by atoms with Gasteiger partial charge in [-0.3, -0.25) is 9.69 Å². The molecule has 0 aliphatic carbocycles. The number of rotatable bonds is 5. The van der Waals surface area contributed by atoms with Gasteiger partial charge in [0, 0.05) is 11.1 Å². The molecule has 3 rings (SSSR count). The standard InChI is InChI=1S/C19H17FN2O3/c1-2-25-17-10-6-4-7-13(17)11-16-18(23)22(19(24)21-16)12-14-8-3-5-9-15(14)20/h3-11H,2,12H2,1H3,(H,21,24)/b16-11+. The molecule has 1 heterocycles. The molecule has 0 spiro atoms. The van der Waals surface area contributed by atoms with Gasteiger partial charge >= 0.3 is 6.03 Å². The van der Waals surface area contributed by atoms with Crippen LogP contribution in [0.15, 0.2) is 54.2 Å². The van der Waals surface area contributed by atoms with Gasteiger partial charge in [-0.2, -0.15) is 0 Å². The molecular formula is C19H17FN2O3. The molecule has 1 aliphatic heterocycles. The van der Waals surface area contributed by atoms with Gasteiger partial charge < -0.3 is 10.1 Å². The molecule has 0 bridgehead atoms. The SMILES string of the molecule is CCOc1ccccc1/C=C1/NC(=O)N(Cc2ccccc2F)C1=O. The van der Waals surface area contributed by atoms with Gasteiger partial charge in [0.1, 0.15) is 17.3 Å². The smallest absolute Gasteiger partial charge is 0.329 e. The summed E-state index contributed by atoms with van der Waals surface area (Å²) in [6, 6.07) is 12.7. The minimum absolute atomic E-state index is 0.123. The minimum atomic E-state index is -0.576. The lowest BCUT2D eigenvalue weighted by molar-refractivity contribution is -0.123. The zero-order chi connectivity index (χ0) is 17.8. The summed E-state index contributed by atoms with van der Waals surface area (Å²) in [5, 5.41) is 2.53. The molecule has 3 amide bonds. The Hall–Kier alpha value is -3.15. The van der Waals surface area contributed by atoms with Crippen molar-refractivity contribution in [2.45, 2.75) is 13.5 Å². The second kappa shape index (κ2) is 7.17. The highest BCUT2D eigenvalue weighted by molar-refractivity contribution is 6.14. The summed E-state index contributed by atoms with van der Waals surface area (Å²) < 4.78 is 19.3. The Morgan fingerprint density at radius 2 is 1.84 bits per heavy atom. The fourth-order valence-corrected chi connectivity index (χ4v) is 2.55. The Balaban J connectivity index is 1.85. The van der Waals surface area contributed by atoms with E-state index in [1.54, 1.807) is 36.4 Å². The Labute approximate surface area is 144 Å². The number of nitrogens with zero attached hydrogens (tertiary/aromatic N) is 1. The van der Waals surface area contributed by atoms with E-state index in [1.807, 2.05) is 19.1 Å². The predicted octanol–water partition coefficient (Wildman–Crippen LogP) is 3.32. The summed E-state index contributed by atoms with van der Waals surface area (Å²) in [5.41, 5.74) is 1.09. The largest absolute Gasteiger partial charge is 0.493 e. The van der Waals surface area contributed by atoms with E-state index in [4.69, 9.17) is 4.74 Å². The van der Waals surface area contributed by atoms with E-state index in [9.17, 15) is 14.0 Å². The van der Waals surface area contributed by atoms with Crippen LogP contribution < -0.4 is 10.1 Å². The number of amides is 3. The molecule has 6 heteroatoms. The molecule has 2 aromatic rings. The minimum Gasteiger partial charge on any atom is -0.493 e. The van der Waals surface area contributed by atoms with Crippen LogP contribution >= 0.6 is 0 Å². The Morgan fingerprint density at radius 3 is 2.60 bits per heavy atom. The Morgan fingerprint density at radius 1 is 1.12 bits per heavy atom. The monoisotopic (exact) mass is 340 g/mol. The normalized spacial score (nSPS) is 15.6. The van der Waals surface area contributed by atoms with E-state index in [1.165, 1.54) is 6.07 Å². The van der Waals surface area contributed by atoms with Crippen LogP contribution in [0, 0.1) is 5.82 Å². The fraction of sp³-hybridized carbons (Fsp3) is 0.158. The molecule has 128 valence electrons. The van der Waals surface area contributed by atoms with Gasteiger partial charge in [-0.25, -0.2) is 9.18 Å². The number of carbonyl (C=O) groups is 2.